The highest BCUT2D eigenvalue weighted by atomic mass is 16.6. The summed E-state index contributed by atoms with van der Waals surface area (Å²) >= 11 is 0. The first-order valence-electron chi connectivity index (χ1n) is 8.92. The molecule has 1 amide bonds. The molecule has 0 radical (unpaired) electrons. The first-order valence-corrected chi connectivity index (χ1v) is 8.92. The molecule has 1 spiro atoms. The fraction of sp³-hybridized carbons (Fsp3) is 0.650. The summed E-state index contributed by atoms with van der Waals surface area (Å²) in [5, 5.41) is 0. The van der Waals surface area contributed by atoms with Crippen LogP contribution in [0, 0.1) is 5.41 Å². The first-order chi connectivity index (χ1) is 11.3. The molecule has 3 rings (SSSR count). The average molecular weight is 331 g/mol. The second-order valence-electron chi connectivity index (χ2n) is 8.35. The molecule has 0 bridgehead atoms. The van der Waals surface area contributed by atoms with Crippen LogP contribution in [0.15, 0.2) is 24.3 Å². The molecule has 1 aliphatic heterocycles. The minimum absolute atomic E-state index is 0.166. The molecule has 1 saturated carbocycles. The van der Waals surface area contributed by atoms with Crippen LogP contribution >= 0.6 is 0 Å². The molecule has 1 aliphatic carbocycles. The van der Waals surface area contributed by atoms with E-state index >= 15 is 0 Å². The molecule has 1 saturated heterocycles. The van der Waals surface area contributed by atoms with Crippen molar-refractivity contribution in [2.45, 2.75) is 58.0 Å². The van der Waals surface area contributed by atoms with Gasteiger partial charge in [0, 0.05) is 13.1 Å². The van der Waals surface area contributed by atoms with Gasteiger partial charge < -0.3 is 14.4 Å². The van der Waals surface area contributed by atoms with Gasteiger partial charge in [-0.1, -0.05) is 12.1 Å². The van der Waals surface area contributed by atoms with E-state index in [1.807, 2.05) is 31.7 Å². The van der Waals surface area contributed by atoms with Crippen LogP contribution in [0.3, 0.4) is 0 Å². The molecular weight excluding hydrogens is 302 g/mol. The van der Waals surface area contributed by atoms with E-state index in [4.69, 9.17) is 9.47 Å². The fourth-order valence-corrected chi connectivity index (χ4v) is 4.02. The van der Waals surface area contributed by atoms with Crippen molar-refractivity contribution in [3.05, 3.63) is 29.8 Å². The molecule has 24 heavy (non-hydrogen) atoms. The topological polar surface area (TPSA) is 38.8 Å². The third-order valence-corrected chi connectivity index (χ3v) is 5.40. The average Bonchev–Trinajstić information content (AvgIpc) is 2.51. The molecule has 0 aromatic heterocycles. The number of hydrogen-bond acceptors (Lipinski definition) is 3. The van der Waals surface area contributed by atoms with Crippen molar-refractivity contribution in [3.63, 3.8) is 0 Å². The smallest absolute Gasteiger partial charge is 0.410 e. The van der Waals surface area contributed by atoms with E-state index in [1.54, 1.807) is 7.11 Å². The van der Waals surface area contributed by atoms with Gasteiger partial charge in [0.15, 0.2) is 0 Å². The zero-order chi connectivity index (χ0) is 17.4. The predicted molar refractivity (Wildman–Crippen MR) is 94.4 cm³/mol. The van der Waals surface area contributed by atoms with Gasteiger partial charge in [0.05, 0.1) is 7.11 Å². The molecule has 2 aliphatic rings. The maximum absolute atomic E-state index is 12.2. The van der Waals surface area contributed by atoms with Gasteiger partial charge >= 0.3 is 6.09 Å². The van der Waals surface area contributed by atoms with Crippen molar-refractivity contribution in [2.24, 2.45) is 5.41 Å². The van der Waals surface area contributed by atoms with Crippen LogP contribution in [0.4, 0.5) is 4.79 Å². The zero-order valence-corrected chi connectivity index (χ0v) is 15.3. The number of ether oxygens (including phenoxy) is 2. The summed E-state index contributed by atoms with van der Waals surface area (Å²) in [4.78, 5) is 14.0. The summed E-state index contributed by atoms with van der Waals surface area (Å²) in [6.45, 7) is 7.39. The normalized spacial score (nSPS) is 20.6. The Bertz CT molecular complexity index is 589. The summed E-state index contributed by atoms with van der Waals surface area (Å²) in [6, 6.07) is 8.44. The third-order valence-electron chi connectivity index (χ3n) is 5.40. The van der Waals surface area contributed by atoms with Crippen LogP contribution in [-0.2, 0) is 4.74 Å². The van der Waals surface area contributed by atoms with Gasteiger partial charge in [-0.15, -0.1) is 0 Å². The lowest BCUT2D eigenvalue weighted by Gasteiger charge is -2.52. The number of hydrogen-bond donors (Lipinski definition) is 0. The first kappa shape index (κ1) is 17.1. The number of piperidine rings is 1. The standard InChI is InChI=1S/C20H29NO3/c1-19(2,3)24-18(22)21-10-8-20(9-11-21)13-16(14-20)15-6-5-7-17(12-15)23-4/h5-7,12,16H,8-11,13-14H2,1-4H3. The lowest BCUT2D eigenvalue weighted by molar-refractivity contribution is -0.0121. The zero-order valence-electron chi connectivity index (χ0n) is 15.3. The molecule has 0 atom stereocenters. The third kappa shape index (κ3) is 3.68. The summed E-state index contributed by atoms with van der Waals surface area (Å²) < 4.78 is 10.8. The number of carbonyl (C=O) groups excluding carboxylic acids is 1. The molecule has 132 valence electrons. The van der Waals surface area contributed by atoms with Gasteiger partial charge in [-0.3, -0.25) is 0 Å². The maximum atomic E-state index is 12.2. The van der Waals surface area contributed by atoms with Crippen molar-refractivity contribution < 1.29 is 14.3 Å². The van der Waals surface area contributed by atoms with Crippen LogP contribution in [0.2, 0.25) is 0 Å². The molecule has 0 N–H and O–H groups in total. The van der Waals surface area contributed by atoms with Crippen LogP contribution < -0.4 is 4.74 Å². The van der Waals surface area contributed by atoms with Gasteiger partial charge in [-0.05, 0) is 75.5 Å². The second-order valence-corrected chi connectivity index (χ2v) is 8.35. The van der Waals surface area contributed by atoms with Crippen molar-refractivity contribution in [2.75, 3.05) is 20.2 Å². The Labute approximate surface area is 145 Å². The minimum atomic E-state index is -0.417. The van der Waals surface area contributed by atoms with Crippen LogP contribution in [0.25, 0.3) is 0 Å². The van der Waals surface area contributed by atoms with E-state index in [0.717, 1.165) is 31.7 Å². The number of methoxy groups -OCH3 is 1. The van der Waals surface area contributed by atoms with E-state index in [2.05, 4.69) is 18.2 Å². The van der Waals surface area contributed by atoms with Crippen LogP contribution in [-0.4, -0.2) is 36.8 Å². The highest BCUT2D eigenvalue weighted by molar-refractivity contribution is 5.68. The summed E-state index contributed by atoms with van der Waals surface area (Å²) in [5.41, 5.74) is 1.39. The Morgan fingerprint density at radius 1 is 1.21 bits per heavy atom. The van der Waals surface area contributed by atoms with Gasteiger partial charge in [-0.2, -0.15) is 0 Å². The predicted octanol–water partition coefficient (Wildman–Crippen LogP) is 4.59. The fourth-order valence-electron chi connectivity index (χ4n) is 4.02. The van der Waals surface area contributed by atoms with Crippen LogP contribution in [0.5, 0.6) is 5.75 Å². The second kappa shape index (κ2) is 6.30. The van der Waals surface area contributed by atoms with Gasteiger partial charge in [0.1, 0.15) is 11.4 Å². The van der Waals surface area contributed by atoms with Gasteiger partial charge in [0.2, 0.25) is 0 Å². The van der Waals surface area contributed by atoms with E-state index in [-0.39, 0.29) is 6.09 Å². The molecule has 4 nitrogen and oxygen atoms in total. The van der Waals surface area contributed by atoms with Crippen molar-refractivity contribution in [1.29, 1.82) is 0 Å². The Morgan fingerprint density at radius 3 is 2.46 bits per heavy atom. The lowest BCUT2D eigenvalue weighted by Crippen LogP contribution is -2.49. The van der Waals surface area contributed by atoms with E-state index in [1.165, 1.54) is 18.4 Å². The summed E-state index contributed by atoms with van der Waals surface area (Å²) in [5.74, 6) is 1.57. The number of rotatable bonds is 2. The maximum Gasteiger partial charge on any atom is 0.410 e. The Kier molecular flexibility index (Phi) is 4.50. The molecule has 0 unspecified atom stereocenters. The Balaban J connectivity index is 1.52. The highest BCUT2D eigenvalue weighted by Gasteiger charge is 2.47. The summed E-state index contributed by atoms with van der Waals surface area (Å²) in [6.07, 6.45) is 4.46. The quantitative estimate of drug-likeness (QED) is 0.795. The number of amides is 1. The van der Waals surface area contributed by atoms with Crippen molar-refractivity contribution in [1.82, 2.24) is 4.90 Å². The molecule has 1 heterocycles. The Morgan fingerprint density at radius 2 is 1.88 bits per heavy atom. The molecule has 4 heteroatoms. The minimum Gasteiger partial charge on any atom is -0.497 e. The molecular formula is C20H29NO3. The number of benzene rings is 1. The van der Waals surface area contributed by atoms with E-state index < -0.39 is 5.60 Å². The number of carbonyl (C=O) groups is 1. The number of likely N-dealkylation sites (tertiary alicyclic amines) is 1. The molecule has 1 aromatic carbocycles. The lowest BCUT2D eigenvalue weighted by atomic mass is 9.56. The van der Waals surface area contributed by atoms with Crippen molar-refractivity contribution in [3.8, 4) is 5.75 Å². The SMILES string of the molecule is COc1cccc(C2CC3(CCN(C(=O)OC(C)(C)C)CC3)C2)c1. The summed E-state index contributed by atoms with van der Waals surface area (Å²) in [7, 11) is 1.72. The van der Waals surface area contributed by atoms with Gasteiger partial charge in [-0.25, -0.2) is 4.79 Å². The van der Waals surface area contributed by atoms with E-state index in [0.29, 0.717) is 11.3 Å². The monoisotopic (exact) mass is 331 g/mol. The number of nitrogens with zero attached hydrogens (tertiary/aromatic N) is 1. The highest BCUT2D eigenvalue weighted by Crippen LogP contribution is 2.56. The largest absolute Gasteiger partial charge is 0.497 e. The Hall–Kier alpha value is -1.71. The molecule has 1 aromatic rings. The molecule has 2 fully saturated rings. The van der Waals surface area contributed by atoms with E-state index in [9.17, 15) is 4.79 Å². The van der Waals surface area contributed by atoms with Gasteiger partial charge in [0.25, 0.3) is 0 Å². The van der Waals surface area contributed by atoms with Crippen LogP contribution in [0.1, 0.15) is 57.9 Å². The van der Waals surface area contributed by atoms with Crippen molar-refractivity contribution >= 4 is 6.09 Å².